The van der Waals surface area contributed by atoms with Crippen LogP contribution in [0.2, 0.25) is 0 Å². The van der Waals surface area contributed by atoms with Crippen molar-refractivity contribution in [1.29, 1.82) is 0 Å². The van der Waals surface area contributed by atoms with Crippen LogP contribution in [0.25, 0.3) is 0 Å². The Morgan fingerprint density at radius 2 is 2.09 bits per heavy atom. The van der Waals surface area contributed by atoms with Crippen LogP contribution in [0.1, 0.15) is 45.4 Å². The fraction of sp³-hybridized carbons (Fsp3) is 0.786. The van der Waals surface area contributed by atoms with E-state index >= 15 is 0 Å². The smallest absolute Gasteiger partial charge is 0.343 e. The summed E-state index contributed by atoms with van der Waals surface area (Å²) in [5.41, 5.74) is 0. The van der Waals surface area contributed by atoms with Crippen molar-refractivity contribution in [1.82, 2.24) is 8.83 Å². The first-order valence-electron chi connectivity index (χ1n) is 7.75. The van der Waals surface area contributed by atoms with Crippen LogP contribution in [0.5, 0.6) is 0 Å². The lowest BCUT2D eigenvalue weighted by atomic mass is 10.1. The molecule has 9 heteroatoms. The number of imide groups is 1. The van der Waals surface area contributed by atoms with E-state index in [-0.39, 0.29) is 19.6 Å². The van der Waals surface area contributed by atoms with Crippen molar-refractivity contribution in [3.8, 4) is 0 Å². The van der Waals surface area contributed by atoms with Gasteiger partial charge in [0.05, 0.1) is 29.3 Å². The largest absolute Gasteiger partial charge is 0.410 e. The van der Waals surface area contributed by atoms with Crippen molar-refractivity contribution in [2.75, 3.05) is 13.2 Å². The highest BCUT2D eigenvalue weighted by Gasteiger charge is 2.64. The van der Waals surface area contributed by atoms with Gasteiger partial charge in [-0.05, 0) is 6.42 Å². The van der Waals surface area contributed by atoms with Gasteiger partial charge < -0.3 is 9.47 Å². The van der Waals surface area contributed by atoms with Crippen molar-refractivity contribution in [3.05, 3.63) is 0 Å². The molecule has 2 atom stereocenters. The third-order valence-corrected chi connectivity index (χ3v) is 4.53. The summed E-state index contributed by atoms with van der Waals surface area (Å²) >= 11 is 2.71. The number of nitrogens with zero attached hydrogens (tertiary/aromatic N) is 2. The first-order valence-corrected chi connectivity index (χ1v) is 8.46. The molecule has 0 aliphatic carbocycles. The zero-order valence-electron chi connectivity index (χ0n) is 12.9. The number of hydrogen-bond acceptors (Lipinski definition) is 5. The van der Waals surface area contributed by atoms with Crippen molar-refractivity contribution < 1.29 is 28.2 Å². The molecule has 0 spiro atoms. The minimum atomic E-state index is -2.29. The average molecular weight is 395 g/mol. The SMILES string of the molecule is CCCCCCCC(=O)OC12OCCN1C(=O)N(Br)C(=O)[C@H]2F. The number of rotatable bonds is 7. The monoisotopic (exact) mass is 394 g/mol. The van der Waals surface area contributed by atoms with Gasteiger partial charge in [-0.2, -0.15) is 3.93 Å². The van der Waals surface area contributed by atoms with E-state index in [2.05, 4.69) is 23.1 Å². The number of carbonyl (C=O) groups excluding carboxylic acids is 3. The molecular formula is C14H20BrFN2O5. The number of amides is 3. The molecule has 2 rings (SSSR count). The third-order valence-electron chi connectivity index (χ3n) is 3.87. The van der Waals surface area contributed by atoms with Gasteiger partial charge in [-0.1, -0.05) is 32.6 Å². The molecule has 2 heterocycles. The zero-order chi connectivity index (χ0) is 17.0. The van der Waals surface area contributed by atoms with Gasteiger partial charge in [-0.3, -0.25) is 14.5 Å². The average Bonchev–Trinajstić information content (AvgIpc) is 2.95. The molecule has 2 fully saturated rings. The molecule has 3 amide bonds. The standard InChI is InChI=1S/C14H20BrFN2O5/c1-2-3-4-5-6-7-10(19)23-14-11(16)12(20)18(15)13(21)17(14)8-9-22-14/h11H,2-9H2,1H3/t11-,14?/m1/s1. The highest BCUT2D eigenvalue weighted by molar-refractivity contribution is 9.08. The Morgan fingerprint density at radius 1 is 1.39 bits per heavy atom. The molecule has 0 N–H and O–H groups in total. The lowest BCUT2D eigenvalue weighted by Gasteiger charge is -2.42. The van der Waals surface area contributed by atoms with Gasteiger partial charge in [0.1, 0.15) is 0 Å². The maximum absolute atomic E-state index is 14.4. The minimum Gasteiger partial charge on any atom is -0.410 e. The molecule has 0 bridgehead atoms. The number of esters is 1. The molecule has 2 aliphatic heterocycles. The molecule has 23 heavy (non-hydrogen) atoms. The van der Waals surface area contributed by atoms with Crippen molar-refractivity contribution >= 4 is 34.1 Å². The van der Waals surface area contributed by atoms with Crippen LogP contribution in [0, 0.1) is 0 Å². The summed E-state index contributed by atoms with van der Waals surface area (Å²) in [5, 5.41) is 0. The van der Waals surface area contributed by atoms with E-state index in [1.165, 1.54) is 0 Å². The van der Waals surface area contributed by atoms with Gasteiger partial charge in [0, 0.05) is 6.42 Å². The van der Waals surface area contributed by atoms with Gasteiger partial charge in [0.25, 0.3) is 12.1 Å². The number of ether oxygens (including phenoxy) is 2. The van der Waals surface area contributed by atoms with Crippen molar-refractivity contribution in [2.45, 2.75) is 57.5 Å². The molecular weight excluding hydrogens is 375 g/mol. The van der Waals surface area contributed by atoms with Crippen LogP contribution in [0.15, 0.2) is 0 Å². The molecule has 7 nitrogen and oxygen atoms in total. The van der Waals surface area contributed by atoms with Gasteiger partial charge in [-0.25, -0.2) is 9.18 Å². The Labute approximate surface area is 142 Å². The fourth-order valence-corrected chi connectivity index (χ4v) is 3.01. The fourth-order valence-electron chi connectivity index (χ4n) is 2.63. The Kier molecular flexibility index (Phi) is 5.96. The minimum absolute atomic E-state index is 0.00986. The molecule has 0 aromatic heterocycles. The Balaban J connectivity index is 1.99. The predicted octanol–water partition coefficient (Wildman–Crippen LogP) is 2.49. The summed E-state index contributed by atoms with van der Waals surface area (Å²) < 4.78 is 25.2. The highest BCUT2D eigenvalue weighted by Crippen LogP contribution is 2.38. The van der Waals surface area contributed by atoms with Crippen LogP contribution < -0.4 is 0 Å². The summed E-state index contributed by atoms with van der Waals surface area (Å²) in [4.78, 5) is 36.7. The normalized spacial score (nSPS) is 27.3. The first-order chi connectivity index (χ1) is 10.9. The topological polar surface area (TPSA) is 76.2 Å². The maximum atomic E-state index is 14.4. The Hall–Kier alpha value is -1.22. The highest BCUT2D eigenvalue weighted by atomic mass is 79.9. The molecule has 0 saturated carbocycles. The lowest BCUT2D eigenvalue weighted by molar-refractivity contribution is -0.281. The van der Waals surface area contributed by atoms with E-state index in [1.807, 2.05) is 0 Å². The summed E-state index contributed by atoms with van der Waals surface area (Å²) in [6.45, 7) is 2.12. The summed E-state index contributed by atoms with van der Waals surface area (Å²) in [7, 11) is 0. The van der Waals surface area contributed by atoms with Gasteiger partial charge in [0.2, 0.25) is 0 Å². The number of fused-ring (bicyclic) bond motifs is 1. The van der Waals surface area contributed by atoms with E-state index in [0.717, 1.165) is 30.6 Å². The molecule has 0 aromatic rings. The molecule has 2 aliphatic rings. The number of halogens is 2. The van der Waals surface area contributed by atoms with Gasteiger partial charge >= 0.3 is 17.9 Å². The van der Waals surface area contributed by atoms with Crippen LogP contribution >= 0.6 is 16.1 Å². The molecule has 2 saturated heterocycles. The number of urea groups is 1. The van der Waals surface area contributed by atoms with E-state index in [1.54, 1.807) is 0 Å². The van der Waals surface area contributed by atoms with Crippen molar-refractivity contribution in [2.24, 2.45) is 0 Å². The number of hydrogen-bond donors (Lipinski definition) is 0. The van der Waals surface area contributed by atoms with Gasteiger partial charge in [0.15, 0.2) is 0 Å². The van der Waals surface area contributed by atoms with Crippen LogP contribution in [-0.4, -0.2) is 52.0 Å². The first kappa shape index (κ1) is 18.1. The van der Waals surface area contributed by atoms with E-state index in [9.17, 15) is 18.8 Å². The molecule has 130 valence electrons. The summed E-state index contributed by atoms with van der Waals surface area (Å²) in [5.74, 6) is -4.09. The van der Waals surface area contributed by atoms with Crippen LogP contribution in [-0.2, 0) is 19.1 Å². The van der Waals surface area contributed by atoms with Crippen molar-refractivity contribution in [3.63, 3.8) is 0 Å². The second kappa shape index (κ2) is 7.57. The predicted molar refractivity (Wildman–Crippen MR) is 80.9 cm³/mol. The molecule has 0 radical (unpaired) electrons. The van der Waals surface area contributed by atoms with E-state index in [0.29, 0.717) is 10.3 Å². The number of unbranched alkanes of at least 4 members (excludes halogenated alkanes) is 4. The number of carbonyl (C=O) groups is 3. The Bertz CT molecular complexity index is 492. The third kappa shape index (κ3) is 3.50. The second-order valence-electron chi connectivity index (χ2n) is 5.53. The van der Waals surface area contributed by atoms with Crippen LogP contribution in [0.4, 0.5) is 9.18 Å². The Morgan fingerprint density at radius 3 is 2.78 bits per heavy atom. The zero-order valence-corrected chi connectivity index (χ0v) is 14.5. The van der Waals surface area contributed by atoms with Gasteiger partial charge in [-0.15, -0.1) is 0 Å². The lowest BCUT2D eigenvalue weighted by Crippen LogP contribution is -2.68. The molecule has 0 aromatic carbocycles. The van der Waals surface area contributed by atoms with E-state index in [4.69, 9.17) is 9.47 Å². The summed E-state index contributed by atoms with van der Waals surface area (Å²) in [6.07, 6.45) is 2.48. The summed E-state index contributed by atoms with van der Waals surface area (Å²) in [6, 6.07) is -0.808. The quantitative estimate of drug-likeness (QED) is 0.376. The van der Waals surface area contributed by atoms with E-state index < -0.39 is 30.0 Å². The van der Waals surface area contributed by atoms with Crippen LogP contribution in [0.3, 0.4) is 0 Å². The number of alkyl halides is 1. The maximum Gasteiger partial charge on any atom is 0.343 e. The second-order valence-corrected chi connectivity index (χ2v) is 6.24. The molecule has 1 unspecified atom stereocenters.